The van der Waals surface area contributed by atoms with Gasteiger partial charge in [0.25, 0.3) is 0 Å². The molecular weight excluding hydrogens is 204 g/mol. The third-order valence-electron chi connectivity index (χ3n) is 4.08. The van der Waals surface area contributed by atoms with Crippen LogP contribution in [0.25, 0.3) is 0 Å². The van der Waals surface area contributed by atoms with Gasteiger partial charge in [0.15, 0.2) is 0 Å². The number of likely N-dealkylation sites (tertiary alicyclic amines) is 1. The SMILES string of the molecule is CC(O)C1CCN(C(=O)C(C)(N)C2CC2)C1. The molecule has 0 aromatic carbocycles. The number of aliphatic hydroxyl groups is 1. The zero-order valence-corrected chi connectivity index (χ0v) is 10.1. The first-order valence-electron chi connectivity index (χ1n) is 6.19. The van der Waals surface area contributed by atoms with Crippen LogP contribution in [0.2, 0.25) is 0 Å². The summed E-state index contributed by atoms with van der Waals surface area (Å²) in [6.45, 7) is 5.05. The van der Waals surface area contributed by atoms with Gasteiger partial charge < -0.3 is 15.7 Å². The van der Waals surface area contributed by atoms with Gasteiger partial charge in [0, 0.05) is 19.0 Å². The summed E-state index contributed by atoms with van der Waals surface area (Å²) in [5.41, 5.74) is 5.43. The number of aliphatic hydroxyl groups excluding tert-OH is 1. The molecule has 0 radical (unpaired) electrons. The third kappa shape index (κ3) is 2.09. The minimum Gasteiger partial charge on any atom is -0.393 e. The zero-order chi connectivity index (χ0) is 11.9. The second kappa shape index (κ2) is 4.00. The Hall–Kier alpha value is -0.610. The lowest BCUT2D eigenvalue weighted by molar-refractivity contribution is -0.136. The van der Waals surface area contributed by atoms with Crippen LogP contribution in [-0.2, 0) is 4.79 Å². The molecule has 4 heteroatoms. The van der Waals surface area contributed by atoms with E-state index in [0.717, 1.165) is 25.8 Å². The minimum absolute atomic E-state index is 0.0677. The Balaban J connectivity index is 1.96. The van der Waals surface area contributed by atoms with Gasteiger partial charge in [0.05, 0.1) is 11.6 Å². The molecule has 0 bridgehead atoms. The van der Waals surface area contributed by atoms with Crippen molar-refractivity contribution >= 4 is 5.91 Å². The molecule has 2 fully saturated rings. The fraction of sp³-hybridized carbons (Fsp3) is 0.917. The molecule has 0 aromatic rings. The number of rotatable bonds is 3. The van der Waals surface area contributed by atoms with Gasteiger partial charge >= 0.3 is 0 Å². The third-order valence-corrected chi connectivity index (χ3v) is 4.08. The molecule has 92 valence electrons. The first kappa shape index (κ1) is 11.9. The molecule has 2 rings (SSSR count). The highest BCUT2D eigenvalue weighted by Crippen LogP contribution is 2.39. The number of hydrogen-bond acceptors (Lipinski definition) is 3. The van der Waals surface area contributed by atoms with Gasteiger partial charge in [-0.25, -0.2) is 0 Å². The number of amides is 1. The molecule has 4 nitrogen and oxygen atoms in total. The molecule has 1 saturated carbocycles. The molecule has 2 aliphatic rings. The van der Waals surface area contributed by atoms with Crippen LogP contribution in [0.15, 0.2) is 0 Å². The Labute approximate surface area is 96.8 Å². The second-order valence-electron chi connectivity index (χ2n) is 5.60. The summed E-state index contributed by atoms with van der Waals surface area (Å²) in [6, 6.07) is 0. The van der Waals surface area contributed by atoms with Crippen LogP contribution in [0.3, 0.4) is 0 Å². The molecule has 1 saturated heterocycles. The lowest BCUT2D eigenvalue weighted by Gasteiger charge is -2.29. The fourth-order valence-electron chi connectivity index (χ4n) is 2.56. The van der Waals surface area contributed by atoms with E-state index in [1.54, 1.807) is 6.92 Å². The molecule has 0 spiro atoms. The van der Waals surface area contributed by atoms with Crippen molar-refractivity contribution in [3.8, 4) is 0 Å². The van der Waals surface area contributed by atoms with Gasteiger partial charge in [-0.05, 0) is 39.0 Å². The van der Waals surface area contributed by atoms with E-state index in [0.29, 0.717) is 12.5 Å². The largest absolute Gasteiger partial charge is 0.393 e. The summed E-state index contributed by atoms with van der Waals surface area (Å²) in [4.78, 5) is 14.1. The maximum absolute atomic E-state index is 12.2. The summed E-state index contributed by atoms with van der Waals surface area (Å²) in [5, 5.41) is 9.51. The zero-order valence-electron chi connectivity index (χ0n) is 10.1. The van der Waals surface area contributed by atoms with E-state index in [9.17, 15) is 9.90 Å². The quantitative estimate of drug-likeness (QED) is 0.729. The van der Waals surface area contributed by atoms with Crippen molar-refractivity contribution in [1.29, 1.82) is 0 Å². The molecule has 3 N–H and O–H groups in total. The molecule has 0 aromatic heterocycles. The fourth-order valence-corrected chi connectivity index (χ4v) is 2.56. The van der Waals surface area contributed by atoms with Gasteiger partial charge in [0.1, 0.15) is 0 Å². The molecule has 3 unspecified atom stereocenters. The van der Waals surface area contributed by atoms with E-state index in [2.05, 4.69) is 0 Å². The van der Waals surface area contributed by atoms with Crippen molar-refractivity contribution in [2.24, 2.45) is 17.6 Å². The Bertz CT molecular complexity index is 285. The molecule has 16 heavy (non-hydrogen) atoms. The number of carbonyl (C=O) groups is 1. The molecular formula is C12H22N2O2. The van der Waals surface area contributed by atoms with Crippen LogP contribution >= 0.6 is 0 Å². The highest BCUT2D eigenvalue weighted by atomic mass is 16.3. The van der Waals surface area contributed by atoms with Gasteiger partial charge in [0.2, 0.25) is 5.91 Å². The normalized spacial score (nSPS) is 31.2. The van der Waals surface area contributed by atoms with Crippen molar-refractivity contribution in [2.75, 3.05) is 13.1 Å². The molecule has 1 aliphatic heterocycles. The van der Waals surface area contributed by atoms with Gasteiger partial charge in [-0.2, -0.15) is 0 Å². The lowest BCUT2D eigenvalue weighted by Crippen LogP contribution is -2.54. The van der Waals surface area contributed by atoms with Crippen LogP contribution in [0, 0.1) is 11.8 Å². The topological polar surface area (TPSA) is 66.6 Å². The summed E-state index contributed by atoms with van der Waals surface area (Å²) < 4.78 is 0. The van der Waals surface area contributed by atoms with Gasteiger partial charge in [-0.3, -0.25) is 4.79 Å². The van der Waals surface area contributed by atoms with Crippen LogP contribution in [0.4, 0.5) is 0 Å². The predicted molar refractivity (Wildman–Crippen MR) is 61.7 cm³/mol. The van der Waals surface area contributed by atoms with E-state index >= 15 is 0 Å². The van der Waals surface area contributed by atoms with Crippen molar-refractivity contribution in [3.63, 3.8) is 0 Å². The highest BCUT2D eigenvalue weighted by molar-refractivity contribution is 5.86. The maximum atomic E-state index is 12.2. The van der Waals surface area contributed by atoms with Crippen LogP contribution in [0.1, 0.15) is 33.1 Å². The Morgan fingerprint density at radius 2 is 2.12 bits per heavy atom. The maximum Gasteiger partial charge on any atom is 0.242 e. The van der Waals surface area contributed by atoms with E-state index in [1.165, 1.54) is 0 Å². The standard InChI is InChI=1S/C12H22N2O2/c1-8(15)9-5-6-14(7-9)11(16)12(2,13)10-3-4-10/h8-10,15H,3-7,13H2,1-2H3. The highest BCUT2D eigenvalue weighted by Gasteiger charge is 2.47. The van der Waals surface area contributed by atoms with E-state index in [-0.39, 0.29) is 17.9 Å². The van der Waals surface area contributed by atoms with Crippen molar-refractivity contribution in [3.05, 3.63) is 0 Å². The molecule has 3 atom stereocenters. The summed E-state index contributed by atoms with van der Waals surface area (Å²) in [6.07, 6.45) is 2.71. The van der Waals surface area contributed by atoms with Crippen LogP contribution in [0.5, 0.6) is 0 Å². The number of nitrogens with zero attached hydrogens (tertiary/aromatic N) is 1. The van der Waals surface area contributed by atoms with Crippen molar-refractivity contribution in [2.45, 2.75) is 44.8 Å². The first-order chi connectivity index (χ1) is 7.43. The number of nitrogens with two attached hydrogens (primary N) is 1. The lowest BCUT2D eigenvalue weighted by atomic mass is 9.95. The monoisotopic (exact) mass is 226 g/mol. The van der Waals surface area contributed by atoms with Gasteiger partial charge in [-0.15, -0.1) is 0 Å². The predicted octanol–water partition coefficient (Wildman–Crippen LogP) is 0.343. The first-order valence-corrected chi connectivity index (χ1v) is 6.19. The summed E-state index contributed by atoms with van der Waals surface area (Å²) >= 11 is 0. The second-order valence-corrected chi connectivity index (χ2v) is 5.60. The summed E-state index contributed by atoms with van der Waals surface area (Å²) in [5.74, 6) is 0.655. The Kier molecular flexibility index (Phi) is 2.97. The average Bonchev–Trinajstić information content (AvgIpc) is 2.95. The van der Waals surface area contributed by atoms with Crippen LogP contribution < -0.4 is 5.73 Å². The number of hydrogen-bond donors (Lipinski definition) is 2. The smallest absolute Gasteiger partial charge is 0.242 e. The Morgan fingerprint density at radius 3 is 2.56 bits per heavy atom. The molecule has 1 aliphatic carbocycles. The van der Waals surface area contributed by atoms with Crippen molar-refractivity contribution in [1.82, 2.24) is 4.90 Å². The molecule has 1 heterocycles. The van der Waals surface area contributed by atoms with Crippen LogP contribution in [-0.4, -0.2) is 40.6 Å². The average molecular weight is 226 g/mol. The van der Waals surface area contributed by atoms with E-state index in [4.69, 9.17) is 5.73 Å². The van der Waals surface area contributed by atoms with E-state index < -0.39 is 5.54 Å². The Morgan fingerprint density at radius 1 is 1.50 bits per heavy atom. The molecule has 1 amide bonds. The van der Waals surface area contributed by atoms with Crippen molar-refractivity contribution < 1.29 is 9.90 Å². The van der Waals surface area contributed by atoms with E-state index in [1.807, 2.05) is 11.8 Å². The minimum atomic E-state index is -0.687. The summed E-state index contributed by atoms with van der Waals surface area (Å²) in [7, 11) is 0. The number of carbonyl (C=O) groups excluding carboxylic acids is 1. The van der Waals surface area contributed by atoms with Gasteiger partial charge in [-0.1, -0.05) is 0 Å².